The Morgan fingerprint density at radius 3 is 1.49 bits per heavy atom. The Kier molecular flexibility index (Phi) is 15.8. The Hall–Kier alpha value is -1.65. The lowest BCUT2D eigenvalue weighted by Crippen LogP contribution is -2.65. The lowest BCUT2D eigenvalue weighted by molar-refractivity contribution is -0.382. The minimum atomic E-state index is -7.65. The molecule has 282 valence electrons. The molecule has 0 bridgehead atoms. The van der Waals surface area contributed by atoms with Crippen LogP contribution in [0.2, 0.25) is 6.04 Å². The van der Waals surface area contributed by atoms with Crippen LogP contribution in [0.25, 0.3) is 0 Å². The second-order valence-electron chi connectivity index (χ2n) is 9.22. The third-order valence-corrected chi connectivity index (χ3v) is 12.4. The molecule has 0 spiro atoms. The molecule has 27 heteroatoms. The van der Waals surface area contributed by atoms with Gasteiger partial charge < -0.3 is 23.3 Å². The second-order valence-corrected chi connectivity index (χ2v) is 16.1. The number of halogens is 12. The zero-order valence-electron chi connectivity index (χ0n) is 25.2. The van der Waals surface area contributed by atoms with Crippen LogP contribution in [0.3, 0.4) is 0 Å². The lowest BCUT2D eigenvalue weighted by atomic mass is 10.1. The Balaban J connectivity index is 6.22. The number of sulfonamides is 2. The predicted octanol–water partition coefficient (Wildman–Crippen LogP) is 3.99. The molecule has 0 saturated carbocycles. The molecule has 1 unspecified atom stereocenters. The van der Waals surface area contributed by atoms with E-state index in [1.165, 1.54) is 0 Å². The van der Waals surface area contributed by atoms with Gasteiger partial charge in [-0.05, 0) is 27.2 Å². The van der Waals surface area contributed by atoms with Crippen molar-refractivity contribution in [3.05, 3.63) is 0 Å². The summed E-state index contributed by atoms with van der Waals surface area (Å²) in [5, 5.41) is -5.23. The van der Waals surface area contributed by atoms with Crippen LogP contribution < -0.4 is 5.32 Å². The fraction of sp³-hybridized carbons (Fsp3) is 0.950. The Morgan fingerprint density at radius 2 is 1.13 bits per heavy atom. The van der Waals surface area contributed by atoms with Crippen molar-refractivity contribution in [1.29, 1.82) is 0 Å². The van der Waals surface area contributed by atoms with Gasteiger partial charge in [-0.25, -0.2) is 21.6 Å². The van der Waals surface area contributed by atoms with Crippen LogP contribution in [0, 0.1) is 0 Å². The van der Waals surface area contributed by atoms with Gasteiger partial charge in [-0.2, -0.15) is 61.3 Å². The second kappa shape index (κ2) is 16.4. The molecule has 0 radical (unpaired) electrons. The van der Waals surface area contributed by atoms with Crippen LogP contribution in [0.5, 0.6) is 0 Å². The maximum absolute atomic E-state index is 14.3. The quantitative estimate of drug-likeness (QED) is 0.110. The number of amides is 1. The van der Waals surface area contributed by atoms with Crippen LogP contribution >= 0.6 is 0 Å². The molecule has 0 aromatic heterocycles. The van der Waals surface area contributed by atoms with E-state index in [0.29, 0.717) is 0 Å². The number of ether oxygens (including phenoxy) is 1. The number of likely N-dealkylation sites (N-methyl/N-ethyl adjacent to an activating group) is 2. The van der Waals surface area contributed by atoms with Crippen molar-refractivity contribution in [2.75, 3.05) is 53.6 Å². The Bertz CT molecular complexity index is 1220. The molecule has 0 saturated heterocycles. The molecule has 0 aliphatic carbocycles. The first-order valence-electron chi connectivity index (χ1n) is 13.0. The number of carbonyl (C=O) groups is 1. The van der Waals surface area contributed by atoms with Crippen molar-refractivity contribution in [1.82, 2.24) is 13.9 Å². The molecule has 12 nitrogen and oxygen atoms in total. The lowest BCUT2D eigenvalue weighted by Gasteiger charge is -2.35. The summed E-state index contributed by atoms with van der Waals surface area (Å²) < 4.78 is 227. The highest BCUT2D eigenvalue weighted by atomic mass is 32.2. The van der Waals surface area contributed by atoms with Crippen LogP contribution in [-0.2, 0) is 38.1 Å². The highest BCUT2D eigenvalue weighted by Gasteiger charge is 2.85. The summed E-state index contributed by atoms with van der Waals surface area (Å²) in [5.41, 5.74) is -6.02. The summed E-state index contributed by atoms with van der Waals surface area (Å²) in [6, 6.07) is 0.0611. The highest BCUT2D eigenvalue weighted by molar-refractivity contribution is 7.90. The zero-order valence-corrected chi connectivity index (χ0v) is 27.8. The van der Waals surface area contributed by atoms with E-state index in [1.54, 1.807) is 20.8 Å². The summed E-state index contributed by atoms with van der Waals surface area (Å²) in [5.74, 6) is -15.3. The molecule has 1 N–H and O–H groups in total. The van der Waals surface area contributed by atoms with E-state index in [1.807, 2.05) is 5.32 Å². The zero-order chi connectivity index (χ0) is 37.5. The van der Waals surface area contributed by atoms with Gasteiger partial charge in [0.1, 0.15) is 6.10 Å². The average Bonchev–Trinajstić information content (AvgIpc) is 2.89. The monoisotopic (exact) mass is 779 g/mol. The van der Waals surface area contributed by atoms with Gasteiger partial charge in [-0.15, -0.1) is 0 Å². The number of hydrogen-bond acceptors (Lipinski definition) is 9. The number of alkyl halides is 12. The summed E-state index contributed by atoms with van der Waals surface area (Å²) in [6.07, 6.45) is -11.6. The first kappa shape index (κ1) is 45.3. The van der Waals surface area contributed by atoms with Crippen LogP contribution in [0.1, 0.15) is 27.2 Å². The number of hydrogen-bond donors (Lipinski definition) is 1. The molecule has 0 aromatic carbocycles. The SMILES string of the molecule is CCO[Si](CCCNC(=O)OC(CN(C)S(=O)(=O)C(F)(F)F)CN(C)S(=O)(=O)C(F)(F)C(F)(F)C(F)(F)C(F)(F)F)(OCC)OCC. The fourth-order valence-corrected chi connectivity index (χ4v) is 8.02. The first-order chi connectivity index (χ1) is 21.0. The summed E-state index contributed by atoms with van der Waals surface area (Å²) >= 11 is 0. The normalized spacial score (nSPS) is 15.3. The number of rotatable bonds is 20. The van der Waals surface area contributed by atoms with E-state index in [9.17, 15) is 74.3 Å². The molecule has 0 heterocycles. The maximum Gasteiger partial charge on any atom is 0.511 e. The van der Waals surface area contributed by atoms with Gasteiger partial charge in [0.2, 0.25) is 0 Å². The maximum atomic E-state index is 14.3. The van der Waals surface area contributed by atoms with Gasteiger partial charge in [0.15, 0.2) is 0 Å². The topological polar surface area (TPSA) is 141 Å². The predicted molar refractivity (Wildman–Crippen MR) is 138 cm³/mol. The van der Waals surface area contributed by atoms with E-state index in [4.69, 9.17) is 13.3 Å². The van der Waals surface area contributed by atoms with Crippen molar-refractivity contribution in [2.45, 2.75) is 68.1 Å². The molecule has 0 rings (SSSR count). The molecule has 0 aliphatic heterocycles. The molecule has 0 fully saturated rings. The van der Waals surface area contributed by atoms with E-state index in [-0.39, 0.29) is 52.9 Å². The summed E-state index contributed by atoms with van der Waals surface area (Å²) in [6.45, 7) is 1.32. The van der Waals surface area contributed by atoms with Crippen molar-refractivity contribution >= 4 is 34.9 Å². The number of carbonyl (C=O) groups excluding carboxylic acids is 1. The van der Waals surface area contributed by atoms with Crippen LogP contribution in [0.4, 0.5) is 57.5 Å². The van der Waals surface area contributed by atoms with E-state index in [2.05, 4.69) is 4.74 Å². The van der Waals surface area contributed by atoms with Gasteiger partial charge in [-0.1, -0.05) is 0 Å². The third kappa shape index (κ3) is 10.4. The van der Waals surface area contributed by atoms with Crippen LogP contribution in [-0.4, -0.2) is 129 Å². The van der Waals surface area contributed by atoms with Gasteiger partial charge in [0, 0.05) is 46.5 Å². The highest BCUT2D eigenvalue weighted by Crippen LogP contribution is 2.55. The van der Waals surface area contributed by atoms with E-state index >= 15 is 0 Å². The van der Waals surface area contributed by atoms with Crippen molar-refractivity contribution in [3.63, 3.8) is 0 Å². The summed E-state index contributed by atoms with van der Waals surface area (Å²) in [7, 11) is -16.8. The van der Waals surface area contributed by atoms with Gasteiger partial charge in [0.05, 0.1) is 13.1 Å². The van der Waals surface area contributed by atoms with Gasteiger partial charge >= 0.3 is 53.7 Å². The van der Waals surface area contributed by atoms with Gasteiger partial charge in [-0.3, -0.25) is 0 Å². The van der Waals surface area contributed by atoms with Crippen molar-refractivity contribution < 1.29 is 92.3 Å². The molecule has 1 amide bonds. The standard InChI is InChI=1S/C20H33F12N3O9S2Si/c1-6-41-47(42-7-2,43-8-3)11-9-10-33-15(36)44-14(13-35(5)46(39,40)20(30,31)32)12-34(4)45(37,38)19(28,29)17(23,24)16(21,22)18(25,26)27/h14H,6-13H2,1-5H3,(H,33,36). The molecular formula is C20H33F12N3O9S2Si. The van der Waals surface area contributed by atoms with Crippen molar-refractivity contribution in [2.24, 2.45) is 0 Å². The Labute approximate surface area is 263 Å². The Morgan fingerprint density at radius 1 is 0.723 bits per heavy atom. The van der Waals surface area contributed by atoms with Crippen LogP contribution in [0.15, 0.2) is 0 Å². The number of alkyl carbamates (subject to hydrolysis) is 1. The first-order valence-corrected chi connectivity index (χ1v) is 17.8. The minimum Gasteiger partial charge on any atom is -0.443 e. The molecular weight excluding hydrogens is 746 g/mol. The number of nitrogens with one attached hydrogen (secondary N) is 1. The van der Waals surface area contributed by atoms with Crippen molar-refractivity contribution in [3.8, 4) is 0 Å². The third-order valence-electron chi connectivity index (χ3n) is 5.77. The largest absolute Gasteiger partial charge is 0.511 e. The van der Waals surface area contributed by atoms with E-state index in [0.717, 1.165) is 0 Å². The molecule has 0 aromatic rings. The number of nitrogens with zero attached hydrogens (tertiary/aromatic N) is 2. The van der Waals surface area contributed by atoms with Gasteiger partial charge in [0.25, 0.3) is 10.0 Å². The minimum absolute atomic E-state index is 0.00263. The summed E-state index contributed by atoms with van der Waals surface area (Å²) in [4.78, 5) is 12.3. The molecule has 1 atom stereocenters. The molecule has 0 aliphatic rings. The molecule has 47 heavy (non-hydrogen) atoms. The smallest absolute Gasteiger partial charge is 0.443 e. The fourth-order valence-electron chi connectivity index (χ4n) is 3.49. The van der Waals surface area contributed by atoms with E-state index < -0.39 is 91.5 Å². The average molecular weight is 780 g/mol.